The smallest absolute Gasteiger partial charge is 0.0733 e. The number of hydrogen-bond donors (Lipinski definition) is 1. The third kappa shape index (κ3) is 4.05. The number of ether oxygens (including phenoxy) is 1. The van der Waals surface area contributed by atoms with Gasteiger partial charge in [-0.1, -0.05) is 11.6 Å². The number of nitrogens with two attached hydrogens (primary N) is 1. The lowest BCUT2D eigenvalue weighted by molar-refractivity contribution is 0.0851. The zero-order valence-corrected chi connectivity index (χ0v) is 9.21. The van der Waals surface area contributed by atoms with E-state index in [0.717, 1.165) is 5.56 Å². The van der Waals surface area contributed by atoms with Crippen LogP contribution in [0.4, 0.5) is 0 Å². The Balaban J connectivity index is 2.43. The van der Waals surface area contributed by atoms with Gasteiger partial charge in [-0.2, -0.15) is 0 Å². The largest absolute Gasteiger partial charge is 0.375 e. The van der Waals surface area contributed by atoms with E-state index in [4.69, 9.17) is 22.1 Å². The summed E-state index contributed by atoms with van der Waals surface area (Å²) in [5.41, 5.74) is 6.40. The lowest BCUT2D eigenvalue weighted by Crippen LogP contribution is -2.37. The fraction of sp³-hybridized carbons (Fsp3) is 0.500. The summed E-state index contributed by atoms with van der Waals surface area (Å²) in [4.78, 5) is 3.89. The third-order valence-corrected chi connectivity index (χ3v) is 1.93. The maximum absolute atomic E-state index is 5.90. The van der Waals surface area contributed by atoms with E-state index in [1.807, 2.05) is 19.9 Å². The minimum atomic E-state index is -0.306. The van der Waals surface area contributed by atoms with Crippen LogP contribution in [0.15, 0.2) is 18.5 Å². The van der Waals surface area contributed by atoms with Gasteiger partial charge >= 0.3 is 0 Å². The van der Waals surface area contributed by atoms with Gasteiger partial charge in [-0.25, -0.2) is 0 Å². The SMILES string of the molecule is CC(C)(N)COCc1ccncc1Cl. The second-order valence-electron chi connectivity index (χ2n) is 3.95. The number of pyridine rings is 1. The monoisotopic (exact) mass is 214 g/mol. The minimum Gasteiger partial charge on any atom is -0.375 e. The molecule has 0 aromatic carbocycles. The molecule has 0 spiro atoms. The lowest BCUT2D eigenvalue weighted by atomic mass is 10.1. The number of aromatic nitrogens is 1. The quantitative estimate of drug-likeness (QED) is 0.834. The Morgan fingerprint density at radius 1 is 1.57 bits per heavy atom. The van der Waals surface area contributed by atoms with Gasteiger partial charge in [0.2, 0.25) is 0 Å². The van der Waals surface area contributed by atoms with Crippen molar-refractivity contribution in [3.05, 3.63) is 29.0 Å². The molecule has 0 radical (unpaired) electrons. The summed E-state index contributed by atoms with van der Waals surface area (Å²) < 4.78 is 5.43. The lowest BCUT2D eigenvalue weighted by Gasteiger charge is -2.18. The standard InChI is InChI=1S/C10H15ClN2O/c1-10(2,12)7-14-6-8-3-4-13-5-9(8)11/h3-5H,6-7,12H2,1-2H3. The first-order valence-corrected chi connectivity index (χ1v) is 4.82. The van der Waals surface area contributed by atoms with E-state index in [0.29, 0.717) is 18.2 Å². The van der Waals surface area contributed by atoms with E-state index in [2.05, 4.69) is 4.98 Å². The summed E-state index contributed by atoms with van der Waals surface area (Å²) in [6.07, 6.45) is 3.30. The summed E-state index contributed by atoms with van der Waals surface area (Å²) in [7, 11) is 0. The molecule has 4 heteroatoms. The van der Waals surface area contributed by atoms with Crippen LogP contribution < -0.4 is 5.73 Å². The molecule has 0 aliphatic heterocycles. The maximum Gasteiger partial charge on any atom is 0.0733 e. The molecule has 1 heterocycles. The Morgan fingerprint density at radius 3 is 2.86 bits per heavy atom. The fourth-order valence-electron chi connectivity index (χ4n) is 0.945. The van der Waals surface area contributed by atoms with Crippen LogP contribution in [-0.2, 0) is 11.3 Å². The van der Waals surface area contributed by atoms with Crippen molar-refractivity contribution < 1.29 is 4.74 Å². The van der Waals surface area contributed by atoms with Crippen molar-refractivity contribution in [1.82, 2.24) is 4.98 Å². The van der Waals surface area contributed by atoms with Crippen molar-refractivity contribution >= 4 is 11.6 Å². The van der Waals surface area contributed by atoms with Gasteiger partial charge < -0.3 is 10.5 Å². The van der Waals surface area contributed by atoms with Crippen molar-refractivity contribution in [3.63, 3.8) is 0 Å². The number of hydrogen-bond acceptors (Lipinski definition) is 3. The molecule has 3 nitrogen and oxygen atoms in total. The molecule has 0 aliphatic carbocycles. The predicted molar refractivity (Wildman–Crippen MR) is 57.2 cm³/mol. The fourth-order valence-corrected chi connectivity index (χ4v) is 1.12. The zero-order valence-electron chi connectivity index (χ0n) is 8.46. The molecule has 0 atom stereocenters. The first kappa shape index (κ1) is 11.4. The molecule has 0 unspecified atom stereocenters. The van der Waals surface area contributed by atoms with Gasteiger partial charge in [0.25, 0.3) is 0 Å². The van der Waals surface area contributed by atoms with E-state index < -0.39 is 0 Å². The summed E-state index contributed by atoms with van der Waals surface area (Å²) in [6.45, 7) is 4.82. The number of nitrogens with zero attached hydrogens (tertiary/aromatic N) is 1. The van der Waals surface area contributed by atoms with Gasteiger partial charge in [0.05, 0.1) is 18.2 Å². The maximum atomic E-state index is 5.90. The van der Waals surface area contributed by atoms with Crippen LogP contribution >= 0.6 is 11.6 Å². The molecule has 0 aliphatic rings. The molecule has 1 rings (SSSR count). The average molecular weight is 215 g/mol. The van der Waals surface area contributed by atoms with Gasteiger partial charge in [-0.3, -0.25) is 4.98 Å². The molecule has 1 aromatic heterocycles. The van der Waals surface area contributed by atoms with Gasteiger partial charge in [-0.05, 0) is 25.5 Å². The number of halogens is 1. The molecule has 2 N–H and O–H groups in total. The van der Waals surface area contributed by atoms with E-state index in [9.17, 15) is 0 Å². The topological polar surface area (TPSA) is 48.1 Å². The van der Waals surface area contributed by atoms with Crippen molar-refractivity contribution in [2.75, 3.05) is 6.61 Å². The molecule has 14 heavy (non-hydrogen) atoms. The van der Waals surface area contributed by atoms with Crippen LogP contribution in [0, 0.1) is 0 Å². The van der Waals surface area contributed by atoms with Gasteiger partial charge in [-0.15, -0.1) is 0 Å². The normalized spacial score (nSPS) is 11.7. The van der Waals surface area contributed by atoms with E-state index in [1.165, 1.54) is 0 Å². The van der Waals surface area contributed by atoms with Gasteiger partial charge in [0, 0.05) is 17.9 Å². The highest BCUT2D eigenvalue weighted by atomic mass is 35.5. The second-order valence-corrected chi connectivity index (χ2v) is 4.36. The van der Waals surface area contributed by atoms with Crippen molar-refractivity contribution in [1.29, 1.82) is 0 Å². The highest BCUT2D eigenvalue weighted by molar-refractivity contribution is 6.31. The highest BCUT2D eigenvalue weighted by Crippen LogP contribution is 2.14. The first-order chi connectivity index (χ1) is 6.49. The van der Waals surface area contributed by atoms with Crippen LogP contribution in [0.25, 0.3) is 0 Å². The first-order valence-electron chi connectivity index (χ1n) is 4.44. The number of rotatable bonds is 4. The van der Waals surface area contributed by atoms with Crippen molar-refractivity contribution in [3.8, 4) is 0 Å². The summed E-state index contributed by atoms with van der Waals surface area (Å²) in [5.74, 6) is 0. The molecular formula is C10H15ClN2O. The predicted octanol–water partition coefficient (Wildman–Crippen LogP) is 1.99. The van der Waals surface area contributed by atoms with Gasteiger partial charge in [0.1, 0.15) is 0 Å². The summed E-state index contributed by atoms with van der Waals surface area (Å²) >= 11 is 5.90. The van der Waals surface area contributed by atoms with E-state index >= 15 is 0 Å². The molecule has 78 valence electrons. The third-order valence-electron chi connectivity index (χ3n) is 1.59. The van der Waals surface area contributed by atoms with Crippen LogP contribution in [-0.4, -0.2) is 17.1 Å². The Labute approximate surface area is 89.2 Å². The van der Waals surface area contributed by atoms with E-state index in [1.54, 1.807) is 12.4 Å². The molecule has 0 fully saturated rings. The van der Waals surface area contributed by atoms with Crippen LogP contribution in [0.5, 0.6) is 0 Å². The summed E-state index contributed by atoms with van der Waals surface area (Å²) in [5, 5.41) is 0.627. The Morgan fingerprint density at radius 2 is 2.29 bits per heavy atom. The summed E-state index contributed by atoms with van der Waals surface area (Å²) in [6, 6.07) is 1.84. The molecule has 0 saturated heterocycles. The molecule has 0 bridgehead atoms. The molecule has 0 saturated carbocycles. The van der Waals surface area contributed by atoms with Crippen LogP contribution in [0.2, 0.25) is 5.02 Å². The second kappa shape index (κ2) is 4.73. The Bertz CT molecular complexity index is 296. The molecule has 1 aromatic rings. The van der Waals surface area contributed by atoms with Crippen molar-refractivity contribution in [2.24, 2.45) is 5.73 Å². The molecular weight excluding hydrogens is 200 g/mol. The average Bonchev–Trinajstić information content (AvgIpc) is 2.06. The van der Waals surface area contributed by atoms with Crippen LogP contribution in [0.3, 0.4) is 0 Å². The van der Waals surface area contributed by atoms with Crippen molar-refractivity contribution in [2.45, 2.75) is 26.0 Å². The van der Waals surface area contributed by atoms with Gasteiger partial charge in [0.15, 0.2) is 0 Å². The molecule has 0 amide bonds. The minimum absolute atomic E-state index is 0.306. The van der Waals surface area contributed by atoms with E-state index in [-0.39, 0.29) is 5.54 Å². The Kier molecular flexibility index (Phi) is 3.86. The highest BCUT2D eigenvalue weighted by Gasteiger charge is 2.10. The van der Waals surface area contributed by atoms with Crippen LogP contribution in [0.1, 0.15) is 19.4 Å². The zero-order chi connectivity index (χ0) is 10.6. The Hall–Kier alpha value is -0.640.